The van der Waals surface area contributed by atoms with Crippen molar-refractivity contribution >= 4 is 22.4 Å². The van der Waals surface area contributed by atoms with Crippen molar-refractivity contribution in [3.63, 3.8) is 0 Å². The minimum atomic E-state index is -0.395. The Kier molecular flexibility index (Phi) is 5.99. The standard InChI is InChI=1S/C22H26N4O2/c1-15(2)13-25(14-16(3)4)22-19-7-5-6-8-20(19)23-21(24-22)17-9-11-18(12-10-17)26(27)28/h5-12,15-16H,13-14H2,1-4H3/p+1. The number of nitro benzene ring substituents is 1. The largest absolute Gasteiger partial charge is 0.285 e. The molecule has 0 aliphatic carbocycles. The van der Waals surface area contributed by atoms with Crippen LogP contribution in [0.2, 0.25) is 0 Å². The summed E-state index contributed by atoms with van der Waals surface area (Å²) in [4.78, 5) is 21.5. The van der Waals surface area contributed by atoms with Crippen LogP contribution in [0.3, 0.4) is 0 Å². The third kappa shape index (κ3) is 4.51. The summed E-state index contributed by atoms with van der Waals surface area (Å²) in [6, 6.07) is 14.5. The summed E-state index contributed by atoms with van der Waals surface area (Å²) >= 11 is 0. The fourth-order valence-corrected chi connectivity index (χ4v) is 3.47. The maximum absolute atomic E-state index is 10.9. The Morgan fingerprint density at radius 1 is 0.929 bits per heavy atom. The number of fused-ring (bicyclic) bond motifs is 1. The number of hydrogen-bond acceptors (Lipinski definition) is 4. The van der Waals surface area contributed by atoms with Crippen molar-refractivity contribution in [3.05, 3.63) is 58.6 Å². The molecule has 0 saturated carbocycles. The fraction of sp³-hybridized carbons (Fsp3) is 0.364. The third-order valence-electron chi connectivity index (χ3n) is 4.58. The van der Waals surface area contributed by atoms with Gasteiger partial charge in [-0.05, 0) is 24.3 Å². The number of nitrogens with zero attached hydrogens (tertiary/aromatic N) is 3. The molecule has 0 saturated heterocycles. The van der Waals surface area contributed by atoms with Crippen LogP contribution >= 0.6 is 0 Å². The van der Waals surface area contributed by atoms with Crippen LogP contribution in [-0.2, 0) is 0 Å². The SMILES string of the molecule is CC(C)C[NH+](CC(C)C)c1nc(-c2ccc([N+](=O)[O-])cc2)nc2ccccc12. The Bertz CT molecular complexity index is 958. The maximum Gasteiger partial charge on any atom is 0.269 e. The zero-order valence-corrected chi connectivity index (χ0v) is 16.8. The molecule has 2 aromatic carbocycles. The minimum absolute atomic E-state index is 0.0663. The molecular weight excluding hydrogens is 352 g/mol. The highest BCUT2D eigenvalue weighted by Gasteiger charge is 2.22. The molecule has 3 aromatic rings. The van der Waals surface area contributed by atoms with Gasteiger partial charge >= 0.3 is 0 Å². The van der Waals surface area contributed by atoms with Gasteiger partial charge in [0, 0.05) is 29.5 Å². The van der Waals surface area contributed by atoms with Crippen LogP contribution < -0.4 is 4.90 Å². The van der Waals surface area contributed by atoms with Gasteiger partial charge in [-0.15, -0.1) is 0 Å². The molecule has 28 heavy (non-hydrogen) atoms. The van der Waals surface area contributed by atoms with Gasteiger partial charge in [-0.25, -0.2) is 4.98 Å². The van der Waals surface area contributed by atoms with Gasteiger partial charge in [0.15, 0.2) is 5.82 Å². The quantitative estimate of drug-likeness (QED) is 0.497. The summed E-state index contributed by atoms with van der Waals surface area (Å²) in [7, 11) is 0. The van der Waals surface area contributed by atoms with E-state index in [1.165, 1.54) is 17.0 Å². The average Bonchev–Trinajstić information content (AvgIpc) is 2.66. The van der Waals surface area contributed by atoms with E-state index >= 15 is 0 Å². The lowest BCUT2D eigenvalue weighted by molar-refractivity contribution is -0.841. The number of aromatic nitrogens is 2. The van der Waals surface area contributed by atoms with E-state index in [0.717, 1.165) is 35.4 Å². The predicted molar refractivity (Wildman–Crippen MR) is 112 cm³/mol. The van der Waals surface area contributed by atoms with Crippen LogP contribution in [0.5, 0.6) is 0 Å². The molecule has 0 spiro atoms. The number of para-hydroxylation sites is 1. The zero-order valence-electron chi connectivity index (χ0n) is 16.8. The zero-order chi connectivity index (χ0) is 20.3. The summed E-state index contributed by atoms with van der Waals surface area (Å²) in [5.74, 6) is 2.67. The van der Waals surface area contributed by atoms with Gasteiger partial charge in [0.25, 0.3) is 5.69 Å². The number of rotatable bonds is 7. The van der Waals surface area contributed by atoms with Crippen molar-refractivity contribution in [1.29, 1.82) is 0 Å². The minimum Gasteiger partial charge on any atom is -0.285 e. The Morgan fingerprint density at radius 2 is 1.54 bits per heavy atom. The van der Waals surface area contributed by atoms with E-state index in [2.05, 4.69) is 33.8 Å². The fourth-order valence-electron chi connectivity index (χ4n) is 3.47. The molecule has 1 heterocycles. The van der Waals surface area contributed by atoms with Crippen molar-refractivity contribution in [2.75, 3.05) is 13.1 Å². The van der Waals surface area contributed by atoms with E-state index in [0.29, 0.717) is 17.7 Å². The first kappa shape index (κ1) is 19.9. The molecule has 0 fully saturated rings. The summed E-state index contributed by atoms with van der Waals surface area (Å²) < 4.78 is 0. The van der Waals surface area contributed by atoms with E-state index in [1.807, 2.05) is 18.2 Å². The number of nitrogens with one attached hydrogen (secondary N) is 1. The smallest absolute Gasteiger partial charge is 0.269 e. The molecule has 1 aromatic heterocycles. The molecule has 0 atom stereocenters. The van der Waals surface area contributed by atoms with E-state index < -0.39 is 4.92 Å². The highest BCUT2D eigenvalue weighted by Crippen LogP contribution is 2.24. The predicted octanol–water partition coefficient (Wildman–Crippen LogP) is 4.03. The lowest BCUT2D eigenvalue weighted by Crippen LogP contribution is -3.08. The van der Waals surface area contributed by atoms with Crippen molar-refractivity contribution < 1.29 is 9.82 Å². The molecule has 146 valence electrons. The molecule has 6 nitrogen and oxygen atoms in total. The lowest BCUT2D eigenvalue weighted by Gasteiger charge is -2.23. The van der Waals surface area contributed by atoms with E-state index in [9.17, 15) is 10.1 Å². The molecule has 1 N–H and O–H groups in total. The Labute approximate surface area is 165 Å². The van der Waals surface area contributed by atoms with Crippen molar-refractivity contribution in [3.8, 4) is 11.4 Å². The first-order valence-corrected chi connectivity index (χ1v) is 9.71. The molecule has 3 rings (SSSR count). The first-order chi connectivity index (χ1) is 13.3. The Hall–Kier alpha value is -2.86. The Morgan fingerprint density at radius 3 is 2.11 bits per heavy atom. The molecule has 0 radical (unpaired) electrons. The van der Waals surface area contributed by atoms with E-state index in [-0.39, 0.29) is 5.69 Å². The van der Waals surface area contributed by atoms with Gasteiger partial charge in [-0.2, -0.15) is 4.98 Å². The average molecular weight is 379 g/mol. The van der Waals surface area contributed by atoms with Crippen LogP contribution in [0.25, 0.3) is 22.3 Å². The van der Waals surface area contributed by atoms with Crippen molar-refractivity contribution in [2.45, 2.75) is 27.7 Å². The van der Waals surface area contributed by atoms with Gasteiger partial charge < -0.3 is 0 Å². The highest BCUT2D eigenvalue weighted by atomic mass is 16.6. The monoisotopic (exact) mass is 379 g/mol. The van der Waals surface area contributed by atoms with Gasteiger partial charge in [0.2, 0.25) is 5.82 Å². The number of hydrogen-bond donors (Lipinski definition) is 1. The van der Waals surface area contributed by atoms with Crippen LogP contribution in [-0.4, -0.2) is 28.0 Å². The Balaban J connectivity index is 2.14. The first-order valence-electron chi connectivity index (χ1n) is 9.71. The summed E-state index contributed by atoms with van der Waals surface area (Å²) in [6.07, 6.45) is 0. The normalized spacial score (nSPS) is 11.7. The number of quaternary nitrogens is 1. The van der Waals surface area contributed by atoms with Gasteiger partial charge in [-0.1, -0.05) is 39.8 Å². The second kappa shape index (κ2) is 8.44. The topological polar surface area (TPSA) is 73.4 Å². The molecule has 0 bridgehead atoms. The van der Waals surface area contributed by atoms with Crippen molar-refractivity contribution in [1.82, 2.24) is 9.97 Å². The molecule has 0 aliphatic rings. The maximum atomic E-state index is 10.9. The second-order valence-corrected chi connectivity index (χ2v) is 8.02. The number of nitro groups is 1. The molecule has 0 aliphatic heterocycles. The van der Waals surface area contributed by atoms with Gasteiger partial charge in [-0.3, -0.25) is 15.0 Å². The highest BCUT2D eigenvalue weighted by molar-refractivity contribution is 5.87. The molecular formula is C22H27N4O2+. The summed E-state index contributed by atoms with van der Waals surface area (Å²) in [6.45, 7) is 10.9. The third-order valence-corrected chi connectivity index (χ3v) is 4.58. The lowest BCUT2D eigenvalue weighted by atomic mass is 10.1. The van der Waals surface area contributed by atoms with Crippen LogP contribution in [0.15, 0.2) is 48.5 Å². The number of non-ortho nitro benzene ring substituents is 1. The molecule has 0 unspecified atom stereocenters. The van der Waals surface area contributed by atoms with Gasteiger partial charge in [0.1, 0.15) is 0 Å². The van der Waals surface area contributed by atoms with Crippen LogP contribution in [0.4, 0.5) is 11.5 Å². The van der Waals surface area contributed by atoms with E-state index in [4.69, 9.17) is 9.97 Å². The van der Waals surface area contributed by atoms with Crippen LogP contribution in [0.1, 0.15) is 27.7 Å². The van der Waals surface area contributed by atoms with E-state index in [1.54, 1.807) is 12.1 Å². The second-order valence-electron chi connectivity index (χ2n) is 8.02. The van der Waals surface area contributed by atoms with Crippen molar-refractivity contribution in [2.24, 2.45) is 11.8 Å². The van der Waals surface area contributed by atoms with Crippen LogP contribution in [0, 0.1) is 22.0 Å². The summed E-state index contributed by atoms with van der Waals surface area (Å²) in [5.41, 5.74) is 1.74. The summed E-state index contributed by atoms with van der Waals surface area (Å²) in [5, 5.41) is 12.0. The molecule has 0 amide bonds. The van der Waals surface area contributed by atoms with Gasteiger partial charge in [0.05, 0.1) is 28.9 Å². The molecule has 6 heteroatoms. The number of benzene rings is 2.